The molecular weight excluding hydrogens is 259 g/mol. The maximum Gasteiger partial charge on any atom is 0.165 e. The second kappa shape index (κ2) is 6.00. The number of nitrogens with zero attached hydrogens (tertiary/aromatic N) is 3. The van der Waals surface area contributed by atoms with E-state index in [0.29, 0.717) is 11.6 Å². The molecular formula is C14H19FN4O. The minimum Gasteiger partial charge on any atom is -0.485 e. The van der Waals surface area contributed by atoms with Crippen molar-refractivity contribution >= 4 is 0 Å². The van der Waals surface area contributed by atoms with Crippen molar-refractivity contribution in [1.82, 2.24) is 14.8 Å². The van der Waals surface area contributed by atoms with Gasteiger partial charge in [-0.1, -0.05) is 6.07 Å². The van der Waals surface area contributed by atoms with Gasteiger partial charge in [0.25, 0.3) is 0 Å². The molecule has 0 radical (unpaired) electrons. The maximum absolute atomic E-state index is 13.3. The molecule has 0 aliphatic carbocycles. The van der Waals surface area contributed by atoms with Crippen LogP contribution in [0.5, 0.6) is 5.75 Å². The summed E-state index contributed by atoms with van der Waals surface area (Å²) in [6.07, 6.45) is 1.48. The zero-order chi connectivity index (χ0) is 14.7. The molecule has 0 saturated carbocycles. The highest BCUT2D eigenvalue weighted by molar-refractivity contribution is 5.36. The number of benzene rings is 1. The number of ether oxygens (including phenoxy) is 1. The van der Waals surface area contributed by atoms with Crippen molar-refractivity contribution in [2.45, 2.75) is 39.5 Å². The van der Waals surface area contributed by atoms with Crippen molar-refractivity contribution in [3.05, 3.63) is 41.7 Å². The molecule has 0 saturated heterocycles. The maximum atomic E-state index is 13.3. The summed E-state index contributed by atoms with van der Waals surface area (Å²) < 4.78 is 20.8. The van der Waals surface area contributed by atoms with Crippen LogP contribution in [-0.2, 0) is 6.61 Å². The van der Waals surface area contributed by atoms with E-state index in [1.807, 2.05) is 20.8 Å². The van der Waals surface area contributed by atoms with E-state index < -0.39 is 0 Å². The van der Waals surface area contributed by atoms with E-state index in [1.54, 1.807) is 10.7 Å². The number of rotatable bonds is 5. The molecule has 20 heavy (non-hydrogen) atoms. The molecule has 0 bridgehead atoms. The van der Waals surface area contributed by atoms with Gasteiger partial charge >= 0.3 is 0 Å². The summed E-state index contributed by atoms with van der Waals surface area (Å²) in [5.41, 5.74) is 6.62. The van der Waals surface area contributed by atoms with Gasteiger partial charge in [-0.05, 0) is 26.8 Å². The molecule has 108 valence electrons. The number of aromatic nitrogens is 3. The zero-order valence-corrected chi connectivity index (χ0v) is 11.9. The highest BCUT2D eigenvalue weighted by atomic mass is 19.1. The van der Waals surface area contributed by atoms with Gasteiger partial charge in [-0.25, -0.2) is 14.1 Å². The Morgan fingerprint density at radius 3 is 2.75 bits per heavy atom. The van der Waals surface area contributed by atoms with Crippen LogP contribution < -0.4 is 10.5 Å². The Labute approximate surface area is 117 Å². The van der Waals surface area contributed by atoms with Crippen molar-refractivity contribution in [2.24, 2.45) is 5.73 Å². The zero-order valence-electron chi connectivity index (χ0n) is 11.9. The van der Waals surface area contributed by atoms with Crippen molar-refractivity contribution in [2.75, 3.05) is 0 Å². The summed E-state index contributed by atoms with van der Waals surface area (Å²) in [5, 5.41) is 4.13. The molecule has 2 aromatic rings. The average Bonchev–Trinajstić information content (AvgIpc) is 2.84. The number of nitrogens with two attached hydrogens (primary N) is 1. The van der Waals surface area contributed by atoms with Crippen LogP contribution in [0, 0.1) is 5.82 Å². The van der Waals surface area contributed by atoms with E-state index in [4.69, 9.17) is 10.5 Å². The predicted octanol–water partition coefficient (Wildman–Crippen LogP) is 2.60. The van der Waals surface area contributed by atoms with Gasteiger partial charge in [0.05, 0.1) is 0 Å². The lowest BCUT2D eigenvalue weighted by molar-refractivity contribution is 0.277. The fourth-order valence-corrected chi connectivity index (χ4v) is 1.96. The molecule has 0 aliphatic heterocycles. The second-order valence-corrected chi connectivity index (χ2v) is 4.97. The molecule has 0 aliphatic rings. The van der Waals surface area contributed by atoms with Gasteiger partial charge in [0.1, 0.15) is 24.5 Å². The topological polar surface area (TPSA) is 66.0 Å². The van der Waals surface area contributed by atoms with E-state index in [-0.39, 0.29) is 24.5 Å². The van der Waals surface area contributed by atoms with Gasteiger partial charge in [0.15, 0.2) is 5.82 Å². The molecule has 2 rings (SSSR count). The van der Waals surface area contributed by atoms with Gasteiger partial charge < -0.3 is 10.5 Å². The Bertz CT molecular complexity index is 580. The van der Waals surface area contributed by atoms with Crippen molar-refractivity contribution in [1.29, 1.82) is 0 Å². The molecule has 0 fully saturated rings. The normalized spacial score (nSPS) is 12.7. The minimum atomic E-state index is -0.352. The van der Waals surface area contributed by atoms with Crippen molar-refractivity contribution in [3.63, 3.8) is 0 Å². The van der Waals surface area contributed by atoms with Crippen LogP contribution in [-0.4, -0.2) is 14.8 Å². The molecule has 0 spiro atoms. The van der Waals surface area contributed by atoms with Crippen LogP contribution in [0.3, 0.4) is 0 Å². The molecule has 1 aromatic heterocycles. The van der Waals surface area contributed by atoms with Crippen molar-refractivity contribution in [3.8, 4) is 5.75 Å². The van der Waals surface area contributed by atoms with Crippen LogP contribution in [0.15, 0.2) is 24.5 Å². The van der Waals surface area contributed by atoms with E-state index in [9.17, 15) is 4.39 Å². The lowest BCUT2D eigenvalue weighted by Gasteiger charge is -2.15. The first-order valence-electron chi connectivity index (χ1n) is 6.55. The smallest absolute Gasteiger partial charge is 0.165 e. The Hall–Kier alpha value is -1.95. The summed E-state index contributed by atoms with van der Waals surface area (Å²) in [7, 11) is 0. The second-order valence-electron chi connectivity index (χ2n) is 4.97. The summed E-state index contributed by atoms with van der Waals surface area (Å²) in [6, 6.07) is 4.32. The lowest BCUT2D eigenvalue weighted by atomic mass is 10.1. The van der Waals surface area contributed by atoms with E-state index in [0.717, 1.165) is 5.56 Å². The summed E-state index contributed by atoms with van der Waals surface area (Å²) in [6.45, 7) is 6.07. The molecule has 0 unspecified atom stereocenters. The molecule has 0 amide bonds. The number of hydrogen-bond donors (Lipinski definition) is 1. The monoisotopic (exact) mass is 278 g/mol. The quantitative estimate of drug-likeness (QED) is 0.913. The van der Waals surface area contributed by atoms with Crippen LogP contribution in [0.2, 0.25) is 0 Å². The average molecular weight is 278 g/mol. The van der Waals surface area contributed by atoms with Gasteiger partial charge in [0, 0.05) is 23.7 Å². The van der Waals surface area contributed by atoms with Crippen molar-refractivity contribution < 1.29 is 9.13 Å². The van der Waals surface area contributed by atoms with Gasteiger partial charge in [-0.3, -0.25) is 0 Å². The van der Waals surface area contributed by atoms with E-state index in [1.165, 1.54) is 18.5 Å². The highest BCUT2D eigenvalue weighted by Gasteiger charge is 2.12. The third-order valence-corrected chi connectivity index (χ3v) is 2.96. The third kappa shape index (κ3) is 3.14. The molecule has 1 heterocycles. The lowest BCUT2D eigenvalue weighted by Crippen LogP contribution is -2.12. The Morgan fingerprint density at radius 2 is 2.10 bits per heavy atom. The fourth-order valence-electron chi connectivity index (χ4n) is 1.96. The minimum absolute atomic E-state index is 0.191. The molecule has 6 heteroatoms. The Balaban J connectivity index is 2.18. The van der Waals surface area contributed by atoms with Gasteiger partial charge in [0.2, 0.25) is 0 Å². The first-order chi connectivity index (χ1) is 9.49. The molecule has 1 aromatic carbocycles. The molecule has 5 nitrogen and oxygen atoms in total. The summed E-state index contributed by atoms with van der Waals surface area (Å²) in [5.74, 6) is 0.785. The van der Waals surface area contributed by atoms with E-state index in [2.05, 4.69) is 10.1 Å². The first kappa shape index (κ1) is 14.5. The summed E-state index contributed by atoms with van der Waals surface area (Å²) >= 11 is 0. The largest absolute Gasteiger partial charge is 0.485 e. The van der Waals surface area contributed by atoms with Crippen LogP contribution in [0.4, 0.5) is 4.39 Å². The Kier molecular flexibility index (Phi) is 4.34. The predicted molar refractivity (Wildman–Crippen MR) is 73.7 cm³/mol. The SMILES string of the molecule is CC(C)n1ncnc1COc1cc(F)ccc1[C@H](C)N. The Morgan fingerprint density at radius 1 is 1.35 bits per heavy atom. The molecule has 2 N–H and O–H groups in total. The van der Waals surface area contributed by atoms with Crippen LogP contribution >= 0.6 is 0 Å². The van der Waals surface area contributed by atoms with Gasteiger partial charge in [-0.15, -0.1) is 0 Å². The first-order valence-corrected chi connectivity index (χ1v) is 6.55. The third-order valence-electron chi connectivity index (χ3n) is 2.96. The fraction of sp³-hybridized carbons (Fsp3) is 0.429. The number of halogens is 1. The number of hydrogen-bond acceptors (Lipinski definition) is 4. The van der Waals surface area contributed by atoms with Crippen LogP contribution in [0.1, 0.15) is 44.2 Å². The standard InChI is InChI=1S/C14H19FN4O/c1-9(2)19-14(17-8-18-19)7-20-13-6-11(15)4-5-12(13)10(3)16/h4-6,8-10H,7,16H2,1-3H3/t10-/m0/s1. The van der Waals surface area contributed by atoms with E-state index >= 15 is 0 Å². The van der Waals surface area contributed by atoms with Crippen LogP contribution in [0.25, 0.3) is 0 Å². The molecule has 1 atom stereocenters. The van der Waals surface area contributed by atoms with Gasteiger partial charge in [-0.2, -0.15) is 5.10 Å². The summed E-state index contributed by atoms with van der Waals surface area (Å²) in [4.78, 5) is 4.15. The highest BCUT2D eigenvalue weighted by Crippen LogP contribution is 2.25.